The van der Waals surface area contributed by atoms with Gasteiger partial charge < -0.3 is 15.1 Å². The van der Waals surface area contributed by atoms with Gasteiger partial charge in [0, 0.05) is 12.5 Å². The minimum atomic E-state index is -0.607. The highest BCUT2D eigenvalue weighted by molar-refractivity contribution is 6.09. The summed E-state index contributed by atoms with van der Waals surface area (Å²) in [7, 11) is 0. The number of aliphatic hydroxyl groups is 1. The van der Waals surface area contributed by atoms with Crippen LogP contribution in [-0.4, -0.2) is 32.8 Å². The van der Waals surface area contributed by atoms with Gasteiger partial charge in [-0.2, -0.15) is 0 Å². The second-order valence-electron chi connectivity index (χ2n) is 8.17. The van der Waals surface area contributed by atoms with Crippen LogP contribution in [0.2, 0.25) is 0 Å². The van der Waals surface area contributed by atoms with Gasteiger partial charge in [0.05, 0.1) is 11.6 Å². The Bertz CT molecular complexity index is 943. The van der Waals surface area contributed by atoms with E-state index in [0.29, 0.717) is 6.42 Å². The number of ketones is 1. The van der Waals surface area contributed by atoms with Crippen molar-refractivity contribution in [1.82, 2.24) is 4.90 Å². The van der Waals surface area contributed by atoms with Crippen LogP contribution in [-0.2, 0) is 16.0 Å². The van der Waals surface area contributed by atoms with Crippen molar-refractivity contribution in [1.29, 1.82) is 0 Å². The number of phenolic OH excluding ortho intramolecular Hbond substituents is 1. The molecule has 2 aromatic carbocycles. The number of phenols is 1. The van der Waals surface area contributed by atoms with Gasteiger partial charge in [0.2, 0.25) is 0 Å². The number of rotatable bonds is 6. The second-order valence-corrected chi connectivity index (χ2v) is 8.17. The molecule has 156 valence electrons. The fraction of sp³-hybridized carbons (Fsp3) is 0.360. The van der Waals surface area contributed by atoms with Crippen molar-refractivity contribution in [3.8, 4) is 5.75 Å². The molecule has 0 saturated heterocycles. The fourth-order valence-corrected chi connectivity index (χ4v) is 4.66. The number of Topliss-reactive ketones (excluding diaryl/α,β-unsaturated/α-hetero) is 1. The van der Waals surface area contributed by atoms with Gasteiger partial charge in [-0.05, 0) is 42.5 Å². The lowest BCUT2D eigenvalue weighted by atomic mass is 9.89. The normalized spacial score (nSPS) is 20.1. The number of aliphatic hydroxyl groups excluding tert-OH is 1. The Kier molecular flexibility index (Phi) is 5.88. The standard InChI is InChI=1S/C25H27NO4/c27-20-14-12-18(13-15-20)23-22(21(28)16-11-17-7-3-1-4-8-17)24(29)25(30)26(23)19-9-5-2-6-10-19/h1,3-4,7-8,12-15,19,23,27,29H,2,5-6,9-11,16H2. The van der Waals surface area contributed by atoms with Gasteiger partial charge in [-0.1, -0.05) is 61.7 Å². The Morgan fingerprint density at radius 3 is 2.27 bits per heavy atom. The van der Waals surface area contributed by atoms with Gasteiger partial charge in [-0.25, -0.2) is 0 Å². The third kappa shape index (κ3) is 3.97. The molecule has 2 N–H and O–H groups in total. The number of benzene rings is 2. The van der Waals surface area contributed by atoms with Crippen molar-refractivity contribution in [2.75, 3.05) is 0 Å². The van der Waals surface area contributed by atoms with Gasteiger partial charge in [0.15, 0.2) is 11.5 Å². The van der Waals surface area contributed by atoms with E-state index < -0.39 is 17.7 Å². The maximum Gasteiger partial charge on any atom is 0.290 e. The summed E-state index contributed by atoms with van der Waals surface area (Å²) in [6.07, 6.45) is 5.74. The zero-order valence-electron chi connectivity index (χ0n) is 17.0. The lowest BCUT2D eigenvalue weighted by molar-refractivity contribution is -0.132. The number of amides is 1. The summed E-state index contributed by atoms with van der Waals surface area (Å²) in [6.45, 7) is 0. The van der Waals surface area contributed by atoms with Crippen LogP contribution in [0.25, 0.3) is 0 Å². The lowest BCUT2D eigenvalue weighted by Crippen LogP contribution is -2.41. The third-order valence-electron chi connectivity index (χ3n) is 6.20. The van der Waals surface area contributed by atoms with Crippen LogP contribution in [0.4, 0.5) is 0 Å². The predicted molar refractivity (Wildman–Crippen MR) is 114 cm³/mol. The number of aromatic hydroxyl groups is 1. The Morgan fingerprint density at radius 1 is 0.933 bits per heavy atom. The van der Waals surface area contributed by atoms with Crippen LogP contribution < -0.4 is 0 Å². The molecule has 2 aromatic rings. The summed E-state index contributed by atoms with van der Waals surface area (Å²) in [4.78, 5) is 28.0. The van der Waals surface area contributed by atoms with Crippen molar-refractivity contribution >= 4 is 11.7 Å². The number of aryl methyl sites for hydroxylation is 1. The molecule has 0 radical (unpaired) electrons. The number of carbonyl (C=O) groups excluding carboxylic acids is 2. The van der Waals surface area contributed by atoms with E-state index in [0.717, 1.165) is 43.2 Å². The van der Waals surface area contributed by atoms with Crippen molar-refractivity contribution in [3.63, 3.8) is 0 Å². The molecule has 1 saturated carbocycles. The fourth-order valence-electron chi connectivity index (χ4n) is 4.66. The van der Waals surface area contributed by atoms with E-state index in [4.69, 9.17) is 0 Å². The molecule has 1 unspecified atom stereocenters. The third-order valence-corrected chi connectivity index (χ3v) is 6.20. The summed E-state index contributed by atoms with van der Waals surface area (Å²) < 4.78 is 0. The van der Waals surface area contributed by atoms with Crippen LogP contribution in [0.5, 0.6) is 5.75 Å². The van der Waals surface area contributed by atoms with Gasteiger partial charge in [-0.3, -0.25) is 9.59 Å². The molecule has 1 heterocycles. The largest absolute Gasteiger partial charge is 0.508 e. The Hall–Kier alpha value is -3.08. The lowest BCUT2D eigenvalue weighted by Gasteiger charge is -2.36. The van der Waals surface area contributed by atoms with E-state index >= 15 is 0 Å². The summed E-state index contributed by atoms with van der Waals surface area (Å²) in [5.74, 6) is -0.960. The first kappa shape index (κ1) is 20.2. The van der Waals surface area contributed by atoms with Crippen LogP contribution in [0, 0.1) is 0 Å². The Morgan fingerprint density at radius 2 is 1.60 bits per heavy atom. The van der Waals surface area contributed by atoms with Crippen molar-refractivity contribution in [2.45, 2.75) is 57.0 Å². The van der Waals surface area contributed by atoms with E-state index in [1.807, 2.05) is 30.3 Å². The molecule has 1 atom stereocenters. The van der Waals surface area contributed by atoms with Gasteiger partial charge >= 0.3 is 0 Å². The minimum absolute atomic E-state index is 0.00614. The first-order valence-electron chi connectivity index (χ1n) is 10.7. The summed E-state index contributed by atoms with van der Waals surface area (Å²) in [6, 6.07) is 15.7. The number of nitrogens with zero attached hydrogens (tertiary/aromatic N) is 1. The smallest absolute Gasteiger partial charge is 0.290 e. The topological polar surface area (TPSA) is 77.8 Å². The molecule has 2 aliphatic rings. The van der Waals surface area contributed by atoms with Crippen LogP contribution >= 0.6 is 0 Å². The van der Waals surface area contributed by atoms with Crippen molar-refractivity contribution < 1.29 is 19.8 Å². The van der Waals surface area contributed by atoms with Gasteiger partial charge in [-0.15, -0.1) is 0 Å². The van der Waals surface area contributed by atoms with E-state index in [1.165, 1.54) is 0 Å². The molecule has 1 aliphatic heterocycles. The van der Waals surface area contributed by atoms with E-state index in [2.05, 4.69) is 0 Å². The quantitative estimate of drug-likeness (QED) is 0.735. The summed E-state index contributed by atoms with van der Waals surface area (Å²) >= 11 is 0. The maximum absolute atomic E-state index is 13.2. The molecule has 5 nitrogen and oxygen atoms in total. The average molecular weight is 405 g/mol. The highest BCUT2D eigenvalue weighted by Crippen LogP contribution is 2.42. The predicted octanol–water partition coefficient (Wildman–Crippen LogP) is 4.62. The zero-order chi connectivity index (χ0) is 21.1. The molecule has 4 rings (SSSR count). The molecule has 1 aliphatic carbocycles. The highest BCUT2D eigenvalue weighted by Gasteiger charge is 2.46. The Balaban J connectivity index is 1.65. The molecule has 0 aromatic heterocycles. The second kappa shape index (κ2) is 8.74. The molecular weight excluding hydrogens is 378 g/mol. The Labute approximate surface area is 176 Å². The molecule has 0 bridgehead atoms. The zero-order valence-corrected chi connectivity index (χ0v) is 17.0. The molecule has 30 heavy (non-hydrogen) atoms. The number of carbonyl (C=O) groups is 2. The van der Waals surface area contributed by atoms with E-state index in [1.54, 1.807) is 29.2 Å². The van der Waals surface area contributed by atoms with E-state index in [9.17, 15) is 19.8 Å². The summed E-state index contributed by atoms with van der Waals surface area (Å²) in [5, 5.41) is 20.4. The molecular formula is C25H27NO4. The highest BCUT2D eigenvalue weighted by atomic mass is 16.3. The molecule has 5 heteroatoms. The van der Waals surface area contributed by atoms with Crippen LogP contribution in [0.15, 0.2) is 65.9 Å². The monoisotopic (exact) mass is 405 g/mol. The number of hydrogen-bond acceptors (Lipinski definition) is 4. The molecule has 1 fully saturated rings. The van der Waals surface area contributed by atoms with Crippen LogP contribution in [0.1, 0.15) is 55.7 Å². The minimum Gasteiger partial charge on any atom is -0.508 e. The first-order chi connectivity index (χ1) is 14.6. The maximum atomic E-state index is 13.2. The molecule has 0 spiro atoms. The molecule has 1 amide bonds. The summed E-state index contributed by atoms with van der Waals surface area (Å²) in [5.41, 5.74) is 1.96. The van der Waals surface area contributed by atoms with Crippen molar-refractivity contribution in [2.24, 2.45) is 0 Å². The SMILES string of the molecule is O=C(CCc1ccccc1)C1=C(O)C(=O)N(C2CCCCC2)C1c1ccc(O)cc1. The van der Waals surface area contributed by atoms with Gasteiger partial charge in [0.1, 0.15) is 5.75 Å². The average Bonchev–Trinajstić information content (AvgIpc) is 3.04. The van der Waals surface area contributed by atoms with E-state index in [-0.39, 0.29) is 29.6 Å². The first-order valence-corrected chi connectivity index (χ1v) is 10.7. The van der Waals surface area contributed by atoms with Gasteiger partial charge in [0.25, 0.3) is 5.91 Å². The van der Waals surface area contributed by atoms with Crippen molar-refractivity contribution in [3.05, 3.63) is 77.1 Å². The van der Waals surface area contributed by atoms with Crippen LogP contribution in [0.3, 0.4) is 0 Å². The number of hydrogen-bond donors (Lipinski definition) is 2.